The van der Waals surface area contributed by atoms with Crippen LogP contribution in [0.2, 0.25) is 0 Å². The second-order valence-corrected chi connectivity index (χ2v) is 7.57. The molecular formula is C19H26NO12-. The van der Waals surface area contributed by atoms with E-state index in [1.54, 1.807) is 0 Å². The van der Waals surface area contributed by atoms with E-state index in [0.717, 1.165) is 0 Å². The second kappa shape index (κ2) is 10.4. The van der Waals surface area contributed by atoms with Crippen molar-refractivity contribution >= 4 is 11.7 Å². The molecule has 13 nitrogen and oxygen atoms in total. The fourth-order valence-corrected chi connectivity index (χ4v) is 3.58. The van der Waals surface area contributed by atoms with Crippen LogP contribution in [0.5, 0.6) is 0 Å². The number of rotatable bonds is 7. The molecule has 13 heteroatoms. The fraction of sp³-hybridized carbons (Fsp3) is 0.632. The zero-order chi connectivity index (χ0) is 23.6. The third-order valence-corrected chi connectivity index (χ3v) is 5.43. The average molecular weight is 460 g/mol. The van der Waals surface area contributed by atoms with E-state index in [9.17, 15) is 45.6 Å². The van der Waals surface area contributed by atoms with Crippen molar-refractivity contribution in [1.82, 2.24) is 0 Å². The van der Waals surface area contributed by atoms with E-state index < -0.39 is 80.5 Å². The van der Waals surface area contributed by atoms with E-state index in [2.05, 4.69) is 5.32 Å². The molecule has 10 atom stereocenters. The van der Waals surface area contributed by atoms with Crippen molar-refractivity contribution in [3.63, 3.8) is 0 Å². The van der Waals surface area contributed by atoms with Gasteiger partial charge in [-0.1, -0.05) is 12.1 Å². The number of aliphatic hydroxyl groups excluding tert-OH is 7. The molecule has 0 aromatic heterocycles. The number of ether oxygens (including phenoxy) is 3. The summed E-state index contributed by atoms with van der Waals surface area (Å²) < 4.78 is 16.3. The molecule has 2 saturated heterocycles. The minimum Gasteiger partial charge on any atom is -0.545 e. The van der Waals surface area contributed by atoms with E-state index in [0.29, 0.717) is 5.69 Å². The van der Waals surface area contributed by atoms with E-state index in [-0.39, 0.29) is 5.56 Å². The molecular weight excluding hydrogens is 434 g/mol. The van der Waals surface area contributed by atoms with Crippen molar-refractivity contribution in [2.24, 2.45) is 0 Å². The molecule has 0 aliphatic carbocycles. The van der Waals surface area contributed by atoms with Crippen LogP contribution >= 0.6 is 0 Å². The van der Waals surface area contributed by atoms with Gasteiger partial charge in [-0.25, -0.2) is 0 Å². The minimum atomic E-state index is -1.76. The molecule has 2 fully saturated rings. The Balaban J connectivity index is 1.70. The Bertz CT molecular complexity index is 759. The largest absolute Gasteiger partial charge is 0.545 e. The van der Waals surface area contributed by atoms with Gasteiger partial charge >= 0.3 is 0 Å². The monoisotopic (exact) mass is 460 g/mol. The van der Waals surface area contributed by atoms with E-state index in [1.165, 1.54) is 24.3 Å². The molecule has 0 saturated carbocycles. The average Bonchev–Trinajstić information content (AvgIpc) is 2.79. The molecule has 0 amide bonds. The fourth-order valence-electron chi connectivity index (χ4n) is 3.58. The predicted octanol–water partition coefficient (Wildman–Crippen LogP) is -4.91. The van der Waals surface area contributed by atoms with Gasteiger partial charge < -0.3 is 65.2 Å². The maximum Gasteiger partial charge on any atom is 0.187 e. The Morgan fingerprint density at radius 3 is 2.06 bits per heavy atom. The van der Waals surface area contributed by atoms with Crippen molar-refractivity contribution < 1.29 is 59.9 Å². The number of carbonyl (C=O) groups excluding carboxylic acids is 1. The van der Waals surface area contributed by atoms with Gasteiger partial charge in [-0.05, 0) is 17.7 Å². The molecule has 0 unspecified atom stereocenters. The molecule has 1 aromatic rings. The van der Waals surface area contributed by atoms with Gasteiger partial charge in [0.1, 0.15) is 48.8 Å². The Morgan fingerprint density at radius 1 is 0.875 bits per heavy atom. The van der Waals surface area contributed by atoms with Crippen LogP contribution in [-0.2, 0) is 14.2 Å². The number of hydrogen-bond donors (Lipinski definition) is 8. The molecule has 2 aliphatic rings. The standard InChI is InChI=1S/C19H27NO12/c21-5-9-11(23)12(24)15(27)19(31-9)32-16-10(6-22)30-17(14(26)13(16)25)20-8-3-1-7(2-4-8)18(28)29/h1-4,9-17,19-27H,5-6H2,(H,28,29)/p-1/t9-,10-,11+,12+,13-,14+,15+,16+,17+,19+/m0/s1. The molecule has 32 heavy (non-hydrogen) atoms. The van der Waals surface area contributed by atoms with E-state index in [1.807, 2.05) is 0 Å². The maximum atomic E-state index is 10.8. The first-order chi connectivity index (χ1) is 15.2. The highest BCUT2D eigenvalue weighted by Gasteiger charge is 2.50. The number of benzene rings is 1. The second-order valence-electron chi connectivity index (χ2n) is 7.57. The maximum absolute atomic E-state index is 10.8. The lowest BCUT2D eigenvalue weighted by molar-refractivity contribution is -0.340. The molecule has 2 heterocycles. The summed E-state index contributed by atoms with van der Waals surface area (Å²) in [6.07, 6.45) is -15.1. The quantitative estimate of drug-likeness (QED) is 0.191. The molecule has 1 aromatic carbocycles. The Hall–Kier alpha value is -1.91. The summed E-state index contributed by atoms with van der Waals surface area (Å²) in [7, 11) is 0. The van der Waals surface area contributed by atoms with Gasteiger partial charge in [0.25, 0.3) is 0 Å². The van der Waals surface area contributed by atoms with Crippen LogP contribution in [0.25, 0.3) is 0 Å². The van der Waals surface area contributed by atoms with E-state index >= 15 is 0 Å². The van der Waals surface area contributed by atoms with Crippen LogP contribution in [0.4, 0.5) is 5.69 Å². The van der Waals surface area contributed by atoms with Gasteiger partial charge in [-0.3, -0.25) is 0 Å². The normalized spacial score (nSPS) is 40.1. The van der Waals surface area contributed by atoms with Crippen LogP contribution in [-0.4, -0.2) is 116 Å². The van der Waals surface area contributed by atoms with Crippen LogP contribution < -0.4 is 10.4 Å². The van der Waals surface area contributed by atoms with Crippen molar-refractivity contribution in [3.05, 3.63) is 29.8 Å². The predicted molar refractivity (Wildman–Crippen MR) is 101 cm³/mol. The van der Waals surface area contributed by atoms with Crippen LogP contribution in [0, 0.1) is 0 Å². The Labute approximate surface area is 182 Å². The first-order valence-electron chi connectivity index (χ1n) is 9.84. The minimum absolute atomic E-state index is 0.0677. The van der Waals surface area contributed by atoms with Crippen LogP contribution in [0.1, 0.15) is 10.4 Å². The first kappa shape index (κ1) is 24.7. The zero-order valence-electron chi connectivity index (χ0n) is 16.7. The number of aliphatic hydroxyl groups is 7. The number of aromatic carboxylic acids is 1. The lowest BCUT2D eigenvalue weighted by Crippen LogP contribution is -2.65. The molecule has 2 aliphatic heterocycles. The third kappa shape index (κ3) is 5.02. The number of carboxylic acids is 1. The van der Waals surface area contributed by atoms with Gasteiger partial charge in [-0.15, -0.1) is 0 Å². The summed E-state index contributed by atoms with van der Waals surface area (Å²) in [5.41, 5.74) is 0.276. The highest BCUT2D eigenvalue weighted by molar-refractivity contribution is 5.86. The lowest BCUT2D eigenvalue weighted by atomic mass is 9.96. The summed E-state index contributed by atoms with van der Waals surface area (Å²) in [5.74, 6) is -1.37. The summed E-state index contributed by atoms with van der Waals surface area (Å²) in [4.78, 5) is 10.8. The highest BCUT2D eigenvalue weighted by Crippen LogP contribution is 2.29. The van der Waals surface area contributed by atoms with Gasteiger partial charge in [-0.2, -0.15) is 0 Å². The van der Waals surface area contributed by atoms with Crippen molar-refractivity contribution in [2.45, 2.75) is 61.3 Å². The van der Waals surface area contributed by atoms with Gasteiger partial charge in [0, 0.05) is 5.69 Å². The number of nitrogens with one attached hydrogen (secondary N) is 1. The number of anilines is 1. The molecule has 3 rings (SSSR count). The molecule has 8 N–H and O–H groups in total. The summed E-state index contributed by atoms with van der Waals surface area (Å²) in [6, 6.07) is 5.30. The summed E-state index contributed by atoms with van der Waals surface area (Å²) >= 11 is 0. The molecule has 180 valence electrons. The van der Waals surface area contributed by atoms with Crippen molar-refractivity contribution in [3.8, 4) is 0 Å². The molecule has 0 radical (unpaired) electrons. The number of carboxylic acid groups (broad SMARTS) is 1. The SMILES string of the molecule is O=C([O-])c1ccc(N[C@@H]2O[C@@H](CO)[C@@H](O[C@H]3O[C@@H](CO)[C@@H](O)[C@@H](O)[C@H]3O)[C@@H](O)[C@H]2O)cc1. The number of hydrogen-bond acceptors (Lipinski definition) is 13. The molecule has 0 bridgehead atoms. The van der Waals surface area contributed by atoms with E-state index in [4.69, 9.17) is 14.2 Å². The summed E-state index contributed by atoms with van der Waals surface area (Å²) in [6.45, 7) is -1.36. The number of carbonyl (C=O) groups is 1. The van der Waals surface area contributed by atoms with Crippen molar-refractivity contribution in [1.29, 1.82) is 0 Å². The topological polar surface area (TPSA) is 221 Å². The van der Waals surface area contributed by atoms with Crippen LogP contribution in [0.3, 0.4) is 0 Å². The Morgan fingerprint density at radius 2 is 1.50 bits per heavy atom. The Kier molecular flexibility index (Phi) is 8.00. The van der Waals surface area contributed by atoms with Gasteiger partial charge in [0.2, 0.25) is 0 Å². The van der Waals surface area contributed by atoms with Crippen LogP contribution in [0.15, 0.2) is 24.3 Å². The summed E-state index contributed by atoms with van der Waals surface area (Å²) in [5, 5.41) is 83.5. The van der Waals surface area contributed by atoms with Gasteiger partial charge in [0.05, 0.1) is 19.2 Å². The third-order valence-electron chi connectivity index (χ3n) is 5.43. The lowest BCUT2D eigenvalue weighted by Gasteiger charge is -2.46. The van der Waals surface area contributed by atoms with Crippen molar-refractivity contribution in [2.75, 3.05) is 18.5 Å². The molecule has 0 spiro atoms. The zero-order valence-corrected chi connectivity index (χ0v) is 16.7. The van der Waals surface area contributed by atoms with Gasteiger partial charge in [0.15, 0.2) is 12.5 Å². The smallest absolute Gasteiger partial charge is 0.187 e. The highest BCUT2D eigenvalue weighted by atomic mass is 16.7. The first-order valence-corrected chi connectivity index (χ1v) is 9.84.